The minimum atomic E-state index is -0.0248. The quantitative estimate of drug-likeness (QED) is 0.319. The van der Waals surface area contributed by atoms with Crippen LogP contribution in [0.3, 0.4) is 0 Å². The molecule has 0 spiro atoms. The van der Waals surface area contributed by atoms with Crippen molar-refractivity contribution >= 4 is 33.7 Å². The SMILES string of the molecule is Cc1ccc(Nc2cc(N(C)Cc3ccccc3)c3noc4c3c2C(=O)c2ccccc2-4)cc1. The molecule has 0 unspecified atom stereocenters. The lowest BCUT2D eigenvalue weighted by Gasteiger charge is -2.24. The van der Waals surface area contributed by atoms with E-state index in [2.05, 4.69) is 46.6 Å². The summed E-state index contributed by atoms with van der Waals surface area (Å²) in [5, 5.41) is 8.71. The van der Waals surface area contributed by atoms with Crippen LogP contribution in [0.2, 0.25) is 0 Å². The van der Waals surface area contributed by atoms with Crippen LogP contribution >= 0.6 is 0 Å². The van der Waals surface area contributed by atoms with Crippen LogP contribution in [-0.2, 0) is 6.54 Å². The Morgan fingerprint density at radius 2 is 1.62 bits per heavy atom. The van der Waals surface area contributed by atoms with Crippen LogP contribution in [0.4, 0.5) is 17.1 Å². The molecule has 0 saturated carbocycles. The lowest BCUT2D eigenvalue weighted by Crippen LogP contribution is -2.18. The van der Waals surface area contributed by atoms with E-state index < -0.39 is 0 Å². The van der Waals surface area contributed by atoms with Crippen molar-refractivity contribution in [1.82, 2.24) is 5.16 Å². The van der Waals surface area contributed by atoms with Crippen LogP contribution in [0, 0.1) is 6.92 Å². The molecule has 166 valence electrons. The van der Waals surface area contributed by atoms with E-state index in [9.17, 15) is 4.79 Å². The Morgan fingerprint density at radius 1 is 0.912 bits per heavy atom. The van der Waals surface area contributed by atoms with Crippen molar-refractivity contribution in [3.63, 3.8) is 0 Å². The third-order valence-electron chi connectivity index (χ3n) is 6.38. The molecule has 5 nitrogen and oxygen atoms in total. The molecule has 0 atom stereocenters. The number of ketones is 1. The Kier molecular flexibility index (Phi) is 4.69. The monoisotopic (exact) mass is 445 g/mol. The highest BCUT2D eigenvalue weighted by Crippen LogP contribution is 2.46. The van der Waals surface area contributed by atoms with Crippen LogP contribution in [0.25, 0.3) is 22.2 Å². The fraction of sp³-hybridized carbons (Fsp3) is 0.103. The number of nitrogens with zero attached hydrogens (tertiary/aromatic N) is 2. The fourth-order valence-corrected chi connectivity index (χ4v) is 4.67. The number of rotatable bonds is 5. The number of benzene rings is 4. The Bertz CT molecular complexity index is 1540. The van der Waals surface area contributed by atoms with Gasteiger partial charge in [-0.2, -0.15) is 0 Å². The largest absolute Gasteiger partial charge is 0.368 e. The van der Waals surface area contributed by atoms with Gasteiger partial charge in [0.25, 0.3) is 0 Å². The van der Waals surface area contributed by atoms with E-state index in [1.54, 1.807) is 0 Å². The first-order chi connectivity index (χ1) is 16.6. The number of anilines is 3. The van der Waals surface area contributed by atoms with E-state index in [1.165, 1.54) is 11.1 Å². The van der Waals surface area contributed by atoms with E-state index in [-0.39, 0.29) is 5.78 Å². The highest BCUT2D eigenvalue weighted by Gasteiger charge is 2.33. The summed E-state index contributed by atoms with van der Waals surface area (Å²) in [6.45, 7) is 2.76. The van der Waals surface area contributed by atoms with E-state index >= 15 is 0 Å². The normalized spacial score (nSPS) is 12.0. The van der Waals surface area contributed by atoms with Gasteiger partial charge in [-0.05, 0) is 30.7 Å². The smallest absolute Gasteiger partial charge is 0.196 e. The molecule has 1 aromatic heterocycles. The van der Waals surface area contributed by atoms with Crippen molar-refractivity contribution in [2.75, 3.05) is 17.3 Å². The maximum Gasteiger partial charge on any atom is 0.196 e. The number of fused-ring (bicyclic) bond motifs is 2. The molecule has 5 heteroatoms. The minimum absolute atomic E-state index is 0.0248. The molecule has 0 aliphatic heterocycles. The molecule has 0 amide bonds. The van der Waals surface area contributed by atoms with Gasteiger partial charge in [-0.15, -0.1) is 0 Å². The van der Waals surface area contributed by atoms with Gasteiger partial charge in [0.1, 0.15) is 5.52 Å². The molecule has 0 radical (unpaired) electrons. The average Bonchev–Trinajstić information content (AvgIpc) is 3.30. The van der Waals surface area contributed by atoms with Gasteiger partial charge in [-0.1, -0.05) is 77.5 Å². The molecule has 1 N–H and O–H groups in total. The number of aromatic nitrogens is 1. The molecule has 5 aromatic rings. The van der Waals surface area contributed by atoms with Gasteiger partial charge in [-0.3, -0.25) is 4.79 Å². The van der Waals surface area contributed by atoms with Crippen molar-refractivity contribution in [3.05, 3.63) is 107 Å². The number of carbonyl (C=O) groups excluding carboxylic acids is 1. The Morgan fingerprint density at radius 3 is 2.38 bits per heavy atom. The van der Waals surface area contributed by atoms with E-state index in [4.69, 9.17) is 4.52 Å². The lowest BCUT2D eigenvalue weighted by molar-refractivity contribution is 0.104. The summed E-state index contributed by atoms with van der Waals surface area (Å²) < 4.78 is 5.88. The Balaban J connectivity index is 1.56. The summed E-state index contributed by atoms with van der Waals surface area (Å²) in [6, 6.07) is 28.0. The van der Waals surface area contributed by atoms with E-state index in [1.807, 2.05) is 67.7 Å². The van der Waals surface area contributed by atoms with Crippen molar-refractivity contribution in [2.45, 2.75) is 13.5 Å². The topological polar surface area (TPSA) is 58.4 Å². The molecule has 1 aliphatic rings. The average molecular weight is 446 g/mol. The first-order valence-electron chi connectivity index (χ1n) is 11.3. The summed E-state index contributed by atoms with van der Waals surface area (Å²) in [6.07, 6.45) is 0. The third-order valence-corrected chi connectivity index (χ3v) is 6.38. The van der Waals surface area contributed by atoms with Gasteiger partial charge in [0.15, 0.2) is 11.5 Å². The first kappa shape index (κ1) is 20.2. The summed E-state index contributed by atoms with van der Waals surface area (Å²) in [5.74, 6) is 0.616. The predicted octanol–water partition coefficient (Wildman–Crippen LogP) is 6.73. The molecule has 0 saturated heterocycles. The molecular formula is C29H23N3O2. The van der Waals surface area contributed by atoms with Gasteiger partial charge in [0.05, 0.1) is 22.3 Å². The summed E-state index contributed by atoms with van der Waals surface area (Å²) >= 11 is 0. The van der Waals surface area contributed by atoms with Crippen molar-refractivity contribution in [3.8, 4) is 11.3 Å². The van der Waals surface area contributed by atoms with Gasteiger partial charge in [0, 0.05) is 30.4 Å². The van der Waals surface area contributed by atoms with Gasteiger partial charge >= 0.3 is 0 Å². The summed E-state index contributed by atoms with van der Waals surface area (Å²) in [7, 11) is 2.03. The van der Waals surface area contributed by atoms with Crippen LogP contribution in [-0.4, -0.2) is 18.0 Å². The Hall–Kier alpha value is -4.38. The van der Waals surface area contributed by atoms with Gasteiger partial charge < -0.3 is 14.7 Å². The van der Waals surface area contributed by atoms with Crippen molar-refractivity contribution in [2.24, 2.45) is 0 Å². The zero-order valence-electron chi connectivity index (χ0n) is 19.0. The third kappa shape index (κ3) is 3.25. The maximum absolute atomic E-state index is 13.7. The molecule has 0 fully saturated rings. The lowest BCUT2D eigenvalue weighted by atomic mass is 9.86. The van der Waals surface area contributed by atoms with Crippen LogP contribution in [0.15, 0.2) is 89.5 Å². The summed E-state index contributed by atoms with van der Waals surface area (Å²) in [4.78, 5) is 15.9. The number of hydrogen-bond acceptors (Lipinski definition) is 5. The van der Waals surface area contributed by atoms with Crippen molar-refractivity contribution in [1.29, 1.82) is 0 Å². The minimum Gasteiger partial charge on any atom is -0.368 e. The van der Waals surface area contributed by atoms with E-state index in [0.29, 0.717) is 28.9 Å². The molecule has 4 aromatic carbocycles. The van der Waals surface area contributed by atoms with Crippen LogP contribution < -0.4 is 10.2 Å². The zero-order chi connectivity index (χ0) is 23.2. The molecule has 1 aliphatic carbocycles. The summed E-state index contributed by atoms with van der Waals surface area (Å²) in [5.41, 5.74) is 7.64. The zero-order valence-corrected chi connectivity index (χ0v) is 19.0. The van der Waals surface area contributed by atoms with Gasteiger partial charge in [0.2, 0.25) is 0 Å². The number of aryl methyl sites for hydroxylation is 1. The molecule has 34 heavy (non-hydrogen) atoms. The first-order valence-corrected chi connectivity index (χ1v) is 11.3. The van der Waals surface area contributed by atoms with E-state index in [0.717, 1.165) is 28.0 Å². The molecule has 6 rings (SSSR count). The second-order valence-electron chi connectivity index (χ2n) is 8.76. The molecule has 1 heterocycles. The van der Waals surface area contributed by atoms with Crippen LogP contribution in [0.5, 0.6) is 0 Å². The standard InChI is InChI=1S/C29H23N3O2/c1-18-12-14-20(15-13-18)30-23-16-24(32(2)17-19-8-4-3-5-9-19)27-26-25(23)28(33)21-10-6-7-11-22(21)29(26)34-31-27/h3-16,30H,17H2,1-2H3. The van der Waals surface area contributed by atoms with Crippen LogP contribution in [0.1, 0.15) is 27.0 Å². The number of hydrogen-bond donors (Lipinski definition) is 1. The maximum atomic E-state index is 13.7. The number of carbonyl (C=O) groups is 1. The number of nitrogens with one attached hydrogen (secondary N) is 1. The highest BCUT2D eigenvalue weighted by molar-refractivity contribution is 6.28. The van der Waals surface area contributed by atoms with Gasteiger partial charge in [-0.25, -0.2) is 0 Å². The highest BCUT2D eigenvalue weighted by atomic mass is 16.5. The second-order valence-corrected chi connectivity index (χ2v) is 8.76. The van der Waals surface area contributed by atoms with Crippen molar-refractivity contribution < 1.29 is 9.32 Å². The predicted molar refractivity (Wildman–Crippen MR) is 136 cm³/mol. The Labute approximate surface area is 197 Å². The fourth-order valence-electron chi connectivity index (χ4n) is 4.67. The molecular weight excluding hydrogens is 422 g/mol. The molecule has 0 bridgehead atoms. The second kappa shape index (κ2) is 7.89.